The zero-order valence-corrected chi connectivity index (χ0v) is 10.8. The molecule has 0 bridgehead atoms. The van der Waals surface area contributed by atoms with Gasteiger partial charge in [-0.25, -0.2) is 4.79 Å². The summed E-state index contributed by atoms with van der Waals surface area (Å²) in [6.07, 6.45) is 0. The van der Waals surface area contributed by atoms with E-state index in [-0.39, 0.29) is 11.7 Å². The highest BCUT2D eigenvalue weighted by molar-refractivity contribution is 5.77. The summed E-state index contributed by atoms with van der Waals surface area (Å²) in [6, 6.07) is 17.6. The predicted molar refractivity (Wildman–Crippen MR) is 77.6 cm³/mol. The minimum atomic E-state index is -0.266. The lowest BCUT2D eigenvalue weighted by Crippen LogP contribution is -2.20. The zero-order chi connectivity index (χ0) is 13.5. The predicted octanol–water partition coefficient (Wildman–Crippen LogP) is 2.99. The number of hydrogen-bond donors (Lipinski definition) is 1. The van der Waals surface area contributed by atoms with Gasteiger partial charge in [0.25, 0.3) is 0 Å². The molecule has 0 amide bonds. The van der Waals surface area contributed by atoms with Crippen LogP contribution < -0.4 is 10.9 Å². The molecule has 20 heavy (non-hydrogen) atoms. The van der Waals surface area contributed by atoms with E-state index in [1.54, 1.807) is 0 Å². The Hall–Kier alpha value is -2.39. The van der Waals surface area contributed by atoms with Crippen molar-refractivity contribution in [1.82, 2.24) is 5.32 Å². The molecule has 0 spiro atoms. The normalized spacial score (nSPS) is 17.3. The second kappa shape index (κ2) is 4.32. The summed E-state index contributed by atoms with van der Waals surface area (Å²) in [5, 5.41) is 4.34. The zero-order valence-electron chi connectivity index (χ0n) is 10.8. The SMILES string of the molecule is O=c1oc2ccccc2cc1C1NCc2ccccc21. The molecule has 4 rings (SSSR count). The summed E-state index contributed by atoms with van der Waals surface area (Å²) in [4.78, 5) is 12.2. The molecule has 1 aliphatic heterocycles. The van der Waals surface area contributed by atoms with E-state index >= 15 is 0 Å². The van der Waals surface area contributed by atoms with Crippen LogP contribution >= 0.6 is 0 Å². The first-order valence-electron chi connectivity index (χ1n) is 6.67. The monoisotopic (exact) mass is 263 g/mol. The van der Waals surface area contributed by atoms with Crippen LogP contribution in [0, 0.1) is 0 Å². The number of para-hydroxylation sites is 1. The number of benzene rings is 2. The standard InChI is InChI=1S/C17H13NO2/c19-17-14(9-11-5-2-4-8-15(11)20-17)16-13-7-3-1-6-12(13)10-18-16/h1-9,16,18H,10H2. The summed E-state index contributed by atoms with van der Waals surface area (Å²) >= 11 is 0. The van der Waals surface area contributed by atoms with E-state index < -0.39 is 0 Å². The van der Waals surface area contributed by atoms with Crippen LogP contribution in [-0.2, 0) is 6.54 Å². The van der Waals surface area contributed by atoms with Crippen molar-refractivity contribution in [3.05, 3.63) is 81.7 Å². The van der Waals surface area contributed by atoms with Gasteiger partial charge in [-0.3, -0.25) is 0 Å². The summed E-state index contributed by atoms with van der Waals surface area (Å²) in [5.41, 5.74) is 3.44. The molecule has 2 aromatic carbocycles. The topological polar surface area (TPSA) is 42.2 Å². The first-order valence-corrected chi connectivity index (χ1v) is 6.67. The Morgan fingerprint density at radius 1 is 1.00 bits per heavy atom. The van der Waals surface area contributed by atoms with E-state index in [2.05, 4.69) is 17.4 Å². The van der Waals surface area contributed by atoms with Crippen LogP contribution in [0.5, 0.6) is 0 Å². The van der Waals surface area contributed by atoms with Gasteiger partial charge in [0, 0.05) is 11.9 Å². The maximum absolute atomic E-state index is 12.2. The molecule has 0 saturated carbocycles. The van der Waals surface area contributed by atoms with Crippen LogP contribution in [0.15, 0.2) is 63.8 Å². The number of fused-ring (bicyclic) bond motifs is 2. The van der Waals surface area contributed by atoms with Gasteiger partial charge in [0.1, 0.15) is 5.58 Å². The summed E-state index contributed by atoms with van der Waals surface area (Å²) in [6.45, 7) is 0.785. The second-order valence-electron chi connectivity index (χ2n) is 5.04. The molecule has 3 nitrogen and oxygen atoms in total. The van der Waals surface area contributed by atoms with E-state index in [1.807, 2.05) is 42.5 Å². The number of nitrogens with one attached hydrogen (secondary N) is 1. The van der Waals surface area contributed by atoms with Gasteiger partial charge >= 0.3 is 5.63 Å². The summed E-state index contributed by atoms with van der Waals surface area (Å²) in [5.74, 6) is 0. The highest BCUT2D eigenvalue weighted by atomic mass is 16.4. The quantitative estimate of drug-likeness (QED) is 0.686. The van der Waals surface area contributed by atoms with Crippen LogP contribution in [-0.4, -0.2) is 0 Å². The molecule has 0 radical (unpaired) electrons. The maximum atomic E-state index is 12.2. The van der Waals surface area contributed by atoms with E-state index in [9.17, 15) is 4.79 Å². The third-order valence-corrected chi connectivity index (χ3v) is 3.84. The van der Waals surface area contributed by atoms with Crippen molar-refractivity contribution >= 4 is 11.0 Å². The lowest BCUT2D eigenvalue weighted by atomic mass is 9.99. The Balaban J connectivity index is 1.91. The van der Waals surface area contributed by atoms with Crippen molar-refractivity contribution in [2.75, 3.05) is 0 Å². The van der Waals surface area contributed by atoms with Gasteiger partial charge in [0.2, 0.25) is 0 Å². The van der Waals surface area contributed by atoms with Crippen molar-refractivity contribution < 1.29 is 4.42 Å². The lowest BCUT2D eigenvalue weighted by Gasteiger charge is -2.11. The fraction of sp³-hybridized carbons (Fsp3) is 0.118. The van der Waals surface area contributed by atoms with E-state index in [0.29, 0.717) is 11.1 Å². The molecule has 3 aromatic rings. The Kier molecular flexibility index (Phi) is 2.47. The molecule has 1 N–H and O–H groups in total. The van der Waals surface area contributed by atoms with Crippen molar-refractivity contribution in [3.63, 3.8) is 0 Å². The molecular weight excluding hydrogens is 250 g/mol. The van der Waals surface area contributed by atoms with Crippen LogP contribution in [0.4, 0.5) is 0 Å². The van der Waals surface area contributed by atoms with E-state index in [4.69, 9.17) is 4.42 Å². The lowest BCUT2D eigenvalue weighted by molar-refractivity contribution is 0.533. The average Bonchev–Trinajstić information content (AvgIpc) is 2.90. The molecule has 0 aliphatic carbocycles. The molecule has 2 heterocycles. The van der Waals surface area contributed by atoms with Gasteiger partial charge in [-0.05, 0) is 23.3 Å². The van der Waals surface area contributed by atoms with Crippen LogP contribution in [0.1, 0.15) is 22.7 Å². The summed E-state index contributed by atoms with van der Waals surface area (Å²) in [7, 11) is 0. The third kappa shape index (κ3) is 1.67. The highest BCUT2D eigenvalue weighted by Gasteiger charge is 2.25. The molecule has 0 saturated heterocycles. The minimum absolute atomic E-state index is 0.0768. The van der Waals surface area contributed by atoms with Crippen molar-refractivity contribution in [2.45, 2.75) is 12.6 Å². The number of hydrogen-bond acceptors (Lipinski definition) is 3. The largest absolute Gasteiger partial charge is 0.422 e. The van der Waals surface area contributed by atoms with Gasteiger partial charge in [-0.1, -0.05) is 42.5 Å². The van der Waals surface area contributed by atoms with E-state index in [1.165, 1.54) is 5.56 Å². The van der Waals surface area contributed by atoms with Gasteiger partial charge in [-0.2, -0.15) is 0 Å². The Morgan fingerprint density at radius 3 is 2.75 bits per heavy atom. The molecule has 1 atom stereocenters. The fourth-order valence-electron chi connectivity index (χ4n) is 2.86. The van der Waals surface area contributed by atoms with Gasteiger partial charge in [-0.15, -0.1) is 0 Å². The van der Waals surface area contributed by atoms with Gasteiger partial charge in [0.15, 0.2) is 0 Å². The molecule has 1 unspecified atom stereocenters. The van der Waals surface area contributed by atoms with E-state index in [0.717, 1.165) is 17.5 Å². The van der Waals surface area contributed by atoms with Crippen molar-refractivity contribution in [1.29, 1.82) is 0 Å². The van der Waals surface area contributed by atoms with Gasteiger partial charge < -0.3 is 9.73 Å². The third-order valence-electron chi connectivity index (χ3n) is 3.84. The highest BCUT2D eigenvalue weighted by Crippen LogP contribution is 2.30. The first kappa shape index (κ1) is 11.4. The van der Waals surface area contributed by atoms with Gasteiger partial charge in [0.05, 0.1) is 11.6 Å². The Morgan fingerprint density at radius 2 is 1.80 bits per heavy atom. The molecular formula is C17H13NO2. The smallest absolute Gasteiger partial charge is 0.341 e. The first-order chi connectivity index (χ1) is 9.83. The van der Waals surface area contributed by atoms with Crippen LogP contribution in [0.25, 0.3) is 11.0 Å². The molecule has 98 valence electrons. The Labute approximate surface area is 115 Å². The Bertz CT molecular complexity index is 851. The summed E-state index contributed by atoms with van der Waals surface area (Å²) < 4.78 is 5.42. The molecule has 1 aromatic heterocycles. The van der Waals surface area contributed by atoms with Crippen molar-refractivity contribution in [3.8, 4) is 0 Å². The van der Waals surface area contributed by atoms with Crippen LogP contribution in [0.3, 0.4) is 0 Å². The van der Waals surface area contributed by atoms with Crippen LogP contribution in [0.2, 0.25) is 0 Å². The molecule has 0 fully saturated rings. The van der Waals surface area contributed by atoms with Crippen molar-refractivity contribution in [2.24, 2.45) is 0 Å². The molecule has 3 heteroatoms. The second-order valence-corrected chi connectivity index (χ2v) is 5.04. The average molecular weight is 263 g/mol. The molecule has 1 aliphatic rings. The minimum Gasteiger partial charge on any atom is -0.422 e. The fourth-order valence-corrected chi connectivity index (χ4v) is 2.86. The maximum Gasteiger partial charge on any atom is 0.341 e. The number of rotatable bonds is 1.